The van der Waals surface area contributed by atoms with Gasteiger partial charge in [-0.3, -0.25) is 14.5 Å². The highest BCUT2D eigenvalue weighted by Crippen LogP contribution is 2.14. The van der Waals surface area contributed by atoms with Crippen LogP contribution >= 0.6 is 0 Å². The summed E-state index contributed by atoms with van der Waals surface area (Å²) in [4.78, 5) is 25.6. The third-order valence-corrected chi connectivity index (χ3v) is 3.47. The van der Waals surface area contributed by atoms with Crippen molar-refractivity contribution in [3.05, 3.63) is 29.8 Å². The third kappa shape index (κ3) is 4.27. The Morgan fingerprint density at radius 2 is 1.90 bits per heavy atom. The fourth-order valence-corrected chi connectivity index (χ4v) is 2.77. The van der Waals surface area contributed by atoms with Gasteiger partial charge in [0.1, 0.15) is 0 Å². The van der Waals surface area contributed by atoms with Crippen LogP contribution < -0.4 is 16.4 Å². The molecule has 2 rings (SSSR count). The molecule has 2 atom stereocenters. The molecule has 1 fully saturated rings. The van der Waals surface area contributed by atoms with E-state index in [2.05, 4.69) is 29.4 Å². The summed E-state index contributed by atoms with van der Waals surface area (Å²) in [6.07, 6.45) is 0. The summed E-state index contributed by atoms with van der Waals surface area (Å²) in [6, 6.07) is 7.49. The Morgan fingerprint density at radius 3 is 2.52 bits per heavy atom. The Balaban J connectivity index is 1.97. The molecule has 0 aromatic heterocycles. The Kier molecular flexibility index (Phi) is 4.93. The van der Waals surface area contributed by atoms with Crippen molar-refractivity contribution < 1.29 is 9.59 Å². The number of hydrogen-bond acceptors (Lipinski definition) is 4. The van der Waals surface area contributed by atoms with Crippen molar-refractivity contribution in [3.8, 4) is 0 Å². The summed E-state index contributed by atoms with van der Waals surface area (Å²) in [6.45, 7) is 6.17. The van der Waals surface area contributed by atoms with E-state index in [0.717, 1.165) is 13.1 Å². The number of nitrogens with two attached hydrogens (primary N) is 1. The van der Waals surface area contributed by atoms with E-state index < -0.39 is 5.91 Å². The maximum atomic E-state index is 12.1. The average Bonchev–Trinajstić information content (AvgIpc) is 2.37. The first-order valence-corrected chi connectivity index (χ1v) is 7.13. The zero-order valence-corrected chi connectivity index (χ0v) is 12.4. The predicted octanol–water partition coefficient (Wildman–Crippen LogP) is 0.406. The Morgan fingerprint density at radius 1 is 1.29 bits per heavy atom. The van der Waals surface area contributed by atoms with Crippen molar-refractivity contribution in [2.75, 3.05) is 25.0 Å². The zero-order chi connectivity index (χ0) is 15.4. The monoisotopic (exact) mass is 290 g/mol. The van der Waals surface area contributed by atoms with Crippen molar-refractivity contribution in [1.29, 1.82) is 0 Å². The molecule has 1 aromatic rings. The van der Waals surface area contributed by atoms with Gasteiger partial charge in [0.05, 0.1) is 17.8 Å². The van der Waals surface area contributed by atoms with Gasteiger partial charge in [0.2, 0.25) is 5.91 Å². The summed E-state index contributed by atoms with van der Waals surface area (Å²) in [5, 5.41) is 6.19. The first-order chi connectivity index (χ1) is 9.95. The van der Waals surface area contributed by atoms with E-state index in [-0.39, 0.29) is 5.91 Å². The van der Waals surface area contributed by atoms with Crippen molar-refractivity contribution in [3.63, 3.8) is 0 Å². The van der Waals surface area contributed by atoms with Gasteiger partial charge in [-0.2, -0.15) is 0 Å². The molecule has 2 unspecified atom stereocenters. The molecule has 4 N–H and O–H groups in total. The molecule has 0 bridgehead atoms. The second kappa shape index (κ2) is 6.69. The number of benzene rings is 1. The minimum Gasteiger partial charge on any atom is -0.366 e. The van der Waals surface area contributed by atoms with Gasteiger partial charge >= 0.3 is 0 Å². The zero-order valence-electron chi connectivity index (χ0n) is 12.4. The van der Waals surface area contributed by atoms with E-state index in [1.165, 1.54) is 0 Å². The Labute approximate surface area is 124 Å². The number of amides is 2. The van der Waals surface area contributed by atoms with Gasteiger partial charge in [0, 0.05) is 25.2 Å². The molecule has 0 saturated carbocycles. The molecule has 6 nitrogen and oxygen atoms in total. The number of piperazine rings is 1. The SMILES string of the molecule is CC1CN(CC(=O)Nc2ccccc2C(N)=O)CC(C)N1. The van der Waals surface area contributed by atoms with Gasteiger partial charge < -0.3 is 16.4 Å². The summed E-state index contributed by atoms with van der Waals surface area (Å²) in [5.74, 6) is -0.680. The summed E-state index contributed by atoms with van der Waals surface area (Å²) in [5.41, 5.74) is 6.09. The van der Waals surface area contributed by atoms with Crippen LogP contribution in [0.5, 0.6) is 0 Å². The molecular weight excluding hydrogens is 268 g/mol. The number of anilines is 1. The van der Waals surface area contributed by atoms with Crippen LogP contribution in [0.25, 0.3) is 0 Å². The molecule has 1 heterocycles. The highest BCUT2D eigenvalue weighted by molar-refractivity contribution is 6.03. The minimum absolute atomic E-state index is 0.134. The van der Waals surface area contributed by atoms with E-state index in [1.54, 1.807) is 24.3 Å². The average molecular weight is 290 g/mol. The standard InChI is InChI=1S/C15H22N4O2/c1-10-7-19(8-11(2)17-10)9-14(20)18-13-6-4-3-5-12(13)15(16)21/h3-6,10-11,17H,7-9H2,1-2H3,(H2,16,21)(H,18,20). The van der Waals surface area contributed by atoms with Crippen LogP contribution in [0, 0.1) is 0 Å². The fourth-order valence-electron chi connectivity index (χ4n) is 2.77. The van der Waals surface area contributed by atoms with Crippen LogP contribution in [0.15, 0.2) is 24.3 Å². The topological polar surface area (TPSA) is 87.5 Å². The highest BCUT2D eigenvalue weighted by atomic mass is 16.2. The number of nitrogens with zero attached hydrogens (tertiary/aromatic N) is 1. The number of primary amides is 1. The third-order valence-electron chi connectivity index (χ3n) is 3.47. The lowest BCUT2D eigenvalue weighted by Gasteiger charge is -2.35. The van der Waals surface area contributed by atoms with Gasteiger partial charge in [0.15, 0.2) is 0 Å². The molecule has 1 aliphatic heterocycles. The van der Waals surface area contributed by atoms with Gasteiger partial charge in [-0.1, -0.05) is 12.1 Å². The van der Waals surface area contributed by atoms with Crippen LogP contribution in [0.3, 0.4) is 0 Å². The van der Waals surface area contributed by atoms with Crippen molar-refractivity contribution in [2.24, 2.45) is 5.73 Å². The Bertz CT molecular complexity index is 522. The molecule has 2 amide bonds. The number of rotatable bonds is 4. The first kappa shape index (κ1) is 15.5. The van der Waals surface area contributed by atoms with Crippen LogP contribution in [0.1, 0.15) is 24.2 Å². The number of carbonyl (C=O) groups excluding carboxylic acids is 2. The maximum Gasteiger partial charge on any atom is 0.250 e. The number of nitrogens with one attached hydrogen (secondary N) is 2. The molecule has 1 aliphatic rings. The van der Waals surface area contributed by atoms with Crippen LogP contribution in [-0.4, -0.2) is 48.4 Å². The smallest absolute Gasteiger partial charge is 0.250 e. The van der Waals surface area contributed by atoms with E-state index in [4.69, 9.17) is 5.73 Å². The van der Waals surface area contributed by atoms with Gasteiger partial charge in [0.25, 0.3) is 5.91 Å². The largest absolute Gasteiger partial charge is 0.366 e. The first-order valence-electron chi connectivity index (χ1n) is 7.13. The normalized spacial score (nSPS) is 22.8. The van der Waals surface area contributed by atoms with E-state index >= 15 is 0 Å². The molecule has 6 heteroatoms. The van der Waals surface area contributed by atoms with Gasteiger partial charge in [-0.25, -0.2) is 0 Å². The summed E-state index contributed by atoms with van der Waals surface area (Å²) in [7, 11) is 0. The number of hydrogen-bond donors (Lipinski definition) is 3. The molecular formula is C15H22N4O2. The lowest BCUT2D eigenvalue weighted by atomic mass is 10.1. The lowest BCUT2D eigenvalue weighted by Crippen LogP contribution is -2.55. The fraction of sp³-hybridized carbons (Fsp3) is 0.467. The van der Waals surface area contributed by atoms with E-state index in [0.29, 0.717) is 29.9 Å². The summed E-state index contributed by atoms with van der Waals surface area (Å²) < 4.78 is 0. The van der Waals surface area contributed by atoms with Crippen LogP contribution in [0.2, 0.25) is 0 Å². The minimum atomic E-state index is -0.546. The van der Waals surface area contributed by atoms with Crippen molar-refractivity contribution in [2.45, 2.75) is 25.9 Å². The molecule has 1 aromatic carbocycles. The Hall–Kier alpha value is -1.92. The van der Waals surface area contributed by atoms with Crippen molar-refractivity contribution >= 4 is 17.5 Å². The summed E-state index contributed by atoms with van der Waals surface area (Å²) >= 11 is 0. The highest BCUT2D eigenvalue weighted by Gasteiger charge is 2.22. The predicted molar refractivity (Wildman–Crippen MR) is 82.1 cm³/mol. The molecule has 0 radical (unpaired) electrons. The van der Waals surface area contributed by atoms with E-state index in [9.17, 15) is 9.59 Å². The van der Waals surface area contributed by atoms with Crippen LogP contribution in [0.4, 0.5) is 5.69 Å². The number of carbonyl (C=O) groups is 2. The van der Waals surface area contributed by atoms with Gasteiger partial charge in [-0.05, 0) is 26.0 Å². The van der Waals surface area contributed by atoms with Gasteiger partial charge in [-0.15, -0.1) is 0 Å². The molecule has 1 saturated heterocycles. The van der Waals surface area contributed by atoms with Crippen molar-refractivity contribution in [1.82, 2.24) is 10.2 Å². The molecule has 21 heavy (non-hydrogen) atoms. The maximum absolute atomic E-state index is 12.1. The van der Waals surface area contributed by atoms with Crippen LogP contribution in [-0.2, 0) is 4.79 Å². The number of para-hydroxylation sites is 1. The molecule has 0 aliphatic carbocycles. The second-order valence-corrected chi connectivity index (χ2v) is 5.62. The lowest BCUT2D eigenvalue weighted by molar-refractivity contribution is -0.117. The van der Waals surface area contributed by atoms with E-state index in [1.807, 2.05) is 0 Å². The molecule has 0 spiro atoms. The second-order valence-electron chi connectivity index (χ2n) is 5.62. The molecule has 114 valence electrons. The quantitative estimate of drug-likeness (QED) is 0.749.